The molecule has 0 heterocycles. The van der Waals surface area contributed by atoms with E-state index in [-0.39, 0.29) is 23.3 Å². The van der Waals surface area contributed by atoms with Gasteiger partial charge in [0, 0.05) is 18.2 Å². The minimum Gasteiger partial charge on any atom is -0.327 e. The first kappa shape index (κ1) is 15.9. The summed E-state index contributed by atoms with van der Waals surface area (Å²) in [5.41, 5.74) is 7.96. The predicted molar refractivity (Wildman–Crippen MR) is 81.2 cm³/mol. The van der Waals surface area contributed by atoms with Gasteiger partial charge in [-0.1, -0.05) is 0 Å². The zero-order valence-corrected chi connectivity index (χ0v) is 13.0. The molecule has 0 bridgehead atoms. The molecule has 1 fully saturated rings. The van der Waals surface area contributed by atoms with Gasteiger partial charge >= 0.3 is 0 Å². The van der Waals surface area contributed by atoms with E-state index in [4.69, 9.17) is 10.9 Å². The summed E-state index contributed by atoms with van der Waals surface area (Å²) in [5, 5.41) is 7.88. The Morgan fingerprint density at radius 3 is 2.52 bits per heavy atom. The molecular formula is C14H21N3O3S. The number of aryl methyl sites for hydroxylation is 1. The highest BCUT2D eigenvalue weighted by molar-refractivity contribution is 7.89. The number of sulfonamides is 1. The van der Waals surface area contributed by atoms with Gasteiger partial charge in [-0.2, -0.15) is 0 Å². The van der Waals surface area contributed by atoms with Gasteiger partial charge in [0.1, 0.15) is 0 Å². The van der Waals surface area contributed by atoms with Gasteiger partial charge in [-0.05, 0) is 55.9 Å². The molecule has 116 valence electrons. The lowest BCUT2D eigenvalue weighted by Crippen LogP contribution is -2.29. The van der Waals surface area contributed by atoms with Crippen LogP contribution in [0.2, 0.25) is 0 Å². The fourth-order valence-corrected chi connectivity index (χ4v) is 2.85. The van der Waals surface area contributed by atoms with Gasteiger partial charge in [0.15, 0.2) is 0 Å². The Hall–Kier alpha value is -1.44. The quantitative estimate of drug-likeness (QED) is 0.752. The molecule has 0 aliphatic heterocycles. The molecule has 1 aromatic rings. The van der Waals surface area contributed by atoms with Crippen LogP contribution in [0.1, 0.15) is 30.4 Å². The van der Waals surface area contributed by atoms with Crippen LogP contribution < -0.4 is 16.2 Å². The van der Waals surface area contributed by atoms with Crippen molar-refractivity contribution in [3.8, 4) is 0 Å². The van der Waals surface area contributed by atoms with Crippen molar-refractivity contribution in [3.63, 3.8) is 0 Å². The molecule has 1 aliphatic carbocycles. The lowest BCUT2D eigenvalue weighted by Gasteiger charge is -2.14. The molecule has 1 unspecified atom stereocenters. The third kappa shape index (κ3) is 4.03. The number of nitrogens with one attached hydrogen (secondary N) is 1. The Morgan fingerprint density at radius 1 is 1.38 bits per heavy atom. The number of hydrogen-bond acceptors (Lipinski definition) is 4. The maximum Gasteiger partial charge on any atom is 0.238 e. The molecule has 0 spiro atoms. The van der Waals surface area contributed by atoms with Gasteiger partial charge in [-0.3, -0.25) is 4.79 Å². The van der Waals surface area contributed by atoms with Gasteiger partial charge in [0.05, 0.1) is 4.90 Å². The Kier molecular flexibility index (Phi) is 4.36. The number of amides is 1. The summed E-state index contributed by atoms with van der Waals surface area (Å²) < 4.78 is 22.9. The average Bonchev–Trinajstić information content (AvgIpc) is 3.17. The molecule has 21 heavy (non-hydrogen) atoms. The van der Waals surface area contributed by atoms with Gasteiger partial charge < -0.3 is 11.1 Å². The molecule has 6 nitrogen and oxygen atoms in total. The van der Waals surface area contributed by atoms with Gasteiger partial charge in [0.25, 0.3) is 0 Å². The first-order valence-electron chi connectivity index (χ1n) is 6.88. The highest BCUT2D eigenvalue weighted by Crippen LogP contribution is 2.33. The molecule has 1 aromatic carbocycles. The van der Waals surface area contributed by atoms with Crippen LogP contribution in [0, 0.1) is 19.8 Å². The van der Waals surface area contributed by atoms with E-state index in [9.17, 15) is 13.2 Å². The second kappa shape index (κ2) is 5.75. The van der Waals surface area contributed by atoms with Crippen LogP contribution in [0.25, 0.3) is 0 Å². The van der Waals surface area contributed by atoms with Gasteiger partial charge in [0.2, 0.25) is 15.9 Å². The number of anilines is 1. The van der Waals surface area contributed by atoms with Crippen molar-refractivity contribution < 1.29 is 13.2 Å². The minimum atomic E-state index is -3.80. The van der Waals surface area contributed by atoms with E-state index in [0.717, 1.165) is 24.0 Å². The molecular weight excluding hydrogens is 290 g/mol. The second-order valence-corrected chi connectivity index (χ2v) is 7.27. The van der Waals surface area contributed by atoms with E-state index in [0.29, 0.717) is 11.6 Å². The van der Waals surface area contributed by atoms with E-state index >= 15 is 0 Å². The normalized spacial score (nSPS) is 16.6. The number of benzene rings is 1. The Morgan fingerprint density at radius 2 is 2.00 bits per heavy atom. The minimum absolute atomic E-state index is 0.00705. The van der Waals surface area contributed by atoms with Gasteiger partial charge in [-0.15, -0.1) is 0 Å². The average molecular weight is 311 g/mol. The SMILES string of the molecule is Cc1cc(S(N)(=O)=O)cc(NC(=O)CC(N)C2CC2)c1C. The molecule has 5 N–H and O–H groups in total. The zero-order valence-electron chi connectivity index (χ0n) is 12.2. The Labute approximate surface area is 124 Å². The highest BCUT2D eigenvalue weighted by atomic mass is 32.2. The van der Waals surface area contributed by atoms with Crippen LogP contribution in [-0.4, -0.2) is 20.4 Å². The second-order valence-electron chi connectivity index (χ2n) is 5.71. The summed E-state index contributed by atoms with van der Waals surface area (Å²) in [5.74, 6) is 0.234. The number of carbonyl (C=O) groups is 1. The first-order chi connectivity index (χ1) is 9.68. The van der Waals surface area contributed by atoms with Crippen LogP contribution >= 0.6 is 0 Å². The van der Waals surface area contributed by atoms with Crippen molar-refractivity contribution >= 4 is 21.6 Å². The highest BCUT2D eigenvalue weighted by Gasteiger charge is 2.29. The number of rotatable bonds is 5. The van der Waals surface area contributed by atoms with E-state index in [1.807, 2.05) is 6.92 Å². The monoisotopic (exact) mass is 311 g/mol. The summed E-state index contributed by atoms with van der Waals surface area (Å²) in [6, 6.07) is 2.75. The lowest BCUT2D eigenvalue weighted by molar-refractivity contribution is -0.116. The lowest BCUT2D eigenvalue weighted by atomic mass is 10.1. The van der Waals surface area contributed by atoms with Crippen LogP contribution in [0.4, 0.5) is 5.69 Å². The molecule has 1 aliphatic rings. The summed E-state index contributed by atoms with van der Waals surface area (Å²) in [4.78, 5) is 12.0. The largest absolute Gasteiger partial charge is 0.327 e. The maximum absolute atomic E-state index is 12.0. The summed E-state index contributed by atoms with van der Waals surface area (Å²) in [6.45, 7) is 3.59. The first-order valence-corrected chi connectivity index (χ1v) is 8.42. The van der Waals surface area contributed by atoms with E-state index in [1.165, 1.54) is 12.1 Å². The Bertz CT molecular complexity index is 666. The molecule has 1 amide bonds. The van der Waals surface area contributed by atoms with E-state index in [1.54, 1.807) is 6.92 Å². The van der Waals surface area contributed by atoms with Crippen molar-refractivity contribution in [2.24, 2.45) is 16.8 Å². The molecule has 7 heteroatoms. The summed E-state index contributed by atoms with van der Waals surface area (Å²) >= 11 is 0. The third-order valence-electron chi connectivity index (χ3n) is 3.89. The van der Waals surface area contributed by atoms with Crippen LogP contribution in [0.15, 0.2) is 17.0 Å². The fourth-order valence-electron chi connectivity index (χ4n) is 2.23. The predicted octanol–water partition coefficient (Wildman–Crippen LogP) is 1.02. The maximum atomic E-state index is 12.0. The topological polar surface area (TPSA) is 115 Å². The zero-order chi connectivity index (χ0) is 15.8. The number of primary sulfonamides is 1. The van der Waals surface area contributed by atoms with E-state index < -0.39 is 10.0 Å². The molecule has 0 radical (unpaired) electrons. The van der Waals surface area contributed by atoms with Crippen molar-refractivity contribution in [1.82, 2.24) is 0 Å². The molecule has 0 saturated heterocycles. The molecule has 0 aromatic heterocycles. The summed E-state index contributed by atoms with van der Waals surface area (Å²) in [6.07, 6.45) is 2.39. The molecule has 2 rings (SSSR count). The van der Waals surface area contributed by atoms with Crippen LogP contribution in [-0.2, 0) is 14.8 Å². The van der Waals surface area contributed by atoms with Crippen LogP contribution in [0.5, 0.6) is 0 Å². The third-order valence-corrected chi connectivity index (χ3v) is 4.78. The van der Waals surface area contributed by atoms with Gasteiger partial charge in [-0.25, -0.2) is 13.6 Å². The standard InChI is InChI=1S/C14H21N3O3S/c1-8-5-11(21(16,19)20)6-13(9(8)2)17-14(18)7-12(15)10-3-4-10/h5-6,10,12H,3-4,7,15H2,1-2H3,(H,17,18)(H2,16,19,20). The fraction of sp³-hybridized carbons (Fsp3) is 0.500. The smallest absolute Gasteiger partial charge is 0.238 e. The molecule has 1 atom stereocenters. The van der Waals surface area contributed by atoms with Crippen LogP contribution in [0.3, 0.4) is 0 Å². The van der Waals surface area contributed by atoms with Crippen molar-refractivity contribution in [1.29, 1.82) is 0 Å². The van der Waals surface area contributed by atoms with Crippen molar-refractivity contribution in [2.75, 3.05) is 5.32 Å². The Balaban J connectivity index is 2.18. The van der Waals surface area contributed by atoms with E-state index in [2.05, 4.69) is 5.32 Å². The number of carbonyl (C=O) groups excluding carboxylic acids is 1. The van der Waals surface area contributed by atoms with Crippen molar-refractivity contribution in [3.05, 3.63) is 23.3 Å². The molecule has 1 saturated carbocycles. The number of hydrogen-bond donors (Lipinski definition) is 3. The van der Waals surface area contributed by atoms with Crippen molar-refractivity contribution in [2.45, 2.75) is 44.0 Å². The number of nitrogens with two attached hydrogens (primary N) is 2. The summed E-state index contributed by atoms with van der Waals surface area (Å²) in [7, 11) is -3.80.